The van der Waals surface area contributed by atoms with Crippen molar-refractivity contribution in [2.45, 2.75) is 70.4 Å². The van der Waals surface area contributed by atoms with Crippen molar-refractivity contribution < 1.29 is 4.74 Å². The summed E-state index contributed by atoms with van der Waals surface area (Å²) < 4.78 is 5.81. The van der Waals surface area contributed by atoms with Gasteiger partial charge in [-0.15, -0.1) is 0 Å². The highest BCUT2D eigenvalue weighted by atomic mass is 16.5. The summed E-state index contributed by atoms with van der Waals surface area (Å²) >= 11 is 0. The van der Waals surface area contributed by atoms with Gasteiger partial charge < -0.3 is 10.5 Å². The highest BCUT2D eigenvalue weighted by Crippen LogP contribution is 2.37. The Balaban J connectivity index is 1.53. The number of benzene rings is 1. The third kappa shape index (κ3) is 4.00. The van der Waals surface area contributed by atoms with E-state index in [0.29, 0.717) is 12.0 Å². The molecule has 0 spiro atoms. The third-order valence-electron chi connectivity index (χ3n) is 5.19. The molecule has 21 heavy (non-hydrogen) atoms. The summed E-state index contributed by atoms with van der Waals surface area (Å²) in [5, 5.41) is 0. The first-order valence-corrected chi connectivity index (χ1v) is 8.78. The van der Waals surface area contributed by atoms with Gasteiger partial charge in [-0.3, -0.25) is 0 Å². The minimum absolute atomic E-state index is 0.197. The van der Waals surface area contributed by atoms with Crippen LogP contribution < -0.4 is 10.5 Å². The van der Waals surface area contributed by atoms with Crippen LogP contribution in [0.5, 0.6) is 5.75 Å². The number of nitrogens with two attached hydrogens (primary N) is 1. The molecule has 2 nitrogen and oxygen atoms in total. The van der Waals surface area contributed by atoms with Gasteiger partial charge in [-0.05, 0) is 55.2 Å². The van der Waals surface area contributed by atoms with E-state index in [4.69, 9.17) is 10.5 Å². The quantitative estimate of drug-likeness (QED) is 0.813. The molecule has 1 atom stereocenters. The third-order valence-corrected chi connectivity index (χ3v) is 5.19. The standard InChI is InChI=1S/C19H29NO/c1-2-3-14-4-6-15(7-5-14)19(20)16-8-10-17(11-9-16)21-18-12-13-18/h8-11,14-15,18-19H,2-7,12-13,20H2,1H3. The van der Waals surface area contributed by atoms with Crippen LogP contribution in [-0.4, -0.2) is 6.10 Å². The normalized spacial score (nSPS) is 27.3. The van der Waals surface area contributed by atoms with Gasteiger partial charge in [0.05, 0.1) is 6.10 Å². The van der Waals surface area contributed by atoms with Crippen LogP contribution in [0.25, 0.3) is 0 Å². The summed E-state index contributed by atoms with van der Waals surface area (Å²) in [5.41, 5.74) is 7.79. The van der Waals surface area contributed by atoms with E-state index in [-0.39, 0.29) is 6.04 Å². The molecule has 2 fully saturated rings. The summed E-state index contributed by atoms with van der Waals surface area (Å²) in [6.07, 6.45) is 10.9. The van der Waals surface area contributed by atoms with Crippen molar-refractivity contribution in [3.63, 3.8) is 0 Å². The first kappa shape index (κ1) is 14.9. The summed E-state index contributed by atoms with van der Waals surface area (Å²) in [6.45, 7) is 2.29. The topological polar surface area (TPSA) is 35.2 Å². The molecular weight excluding hydrogens is 258 g/mol. The molecule has 0 aliphatic heterocycles. The average Bonchev–Trinajstić information content (AvgIpc) is 3.32. The smallest absolute Gasteiger partial charge is 0.119 e. The highest BCUT2D eigenvalue weighted by molar-refractivity contribution is 5.30. The molecule has 1 aromatic carbocycles. The Bertz CT molecular complexity index is 429. The largest absolute Gasteiger partial charge is 0.490 e. The molecule has 3 rings (SSSR count). The Morgan fingerprint density at radius 1 is 1.05 bits per heavy atom. The Labute approximate surface area is 129 Å². The Morgan fingerprint density at radius 3 is 2.29 bits per heavy atom. The van der Waals surface area contributed by atoms with Gasteiger partial charge in [0.1, 0.15) is 5.75 Å². The fourth-order valence-electron chi connectivity index (χ4n) is 3.66. The van der Waals surface area contributed by atoms with E-state index in [9.17, 15) is 0 Å². The van der Waals surface area contributed by atoms with Gasteiger partial charge in [0.2, 0.25) is 0 Å². The summed E-state index contributed by atoms with van der Waals surface area (Å²) in [7, 11) is 0. The number of hydrogen-bond acceptors (Lipinski definition) is 2. The van der Waals surface area contributed by atoms with Gasteiger partial charge in [0.25, 0.3) is 0 Å². The second kappa shape index (κ2) is 6.83. The molecule has 0 saturated heterocycles. The van der Waals surface area contributed by atoms with Gasteiger partial charge in [0.15, 0.2) is 0 Å². The molecule has 0 amide bonds. The fraction of sp³-hybridized carbons (Fsp3) is 0.684. The summed E-state index contributed by atoms with van der Waals surface area (Å²) in [5.74, 6) is 2.61. The van der Waals surface area contributed by atoms with E-state index in [1.54, 1.807) is 0 Å². The van der Waals surface area contributed by atoms with Gasteiger partial charge in [-0.2, -0.15) is 0 Å². The van der Waals surface area contributed by atoms with Crippen molar-refractivity contribution in [1.29, 1.82) is 0 Å². The first-order valence-electron chi connectivity index (χ1n) is 8.78. The summed E-state index contributed by atoms with van der Waals surface area (Å²) in [6, 6.07) is 8.72. The van der Waals surface area contributed by atoms with Gasteiger partial charge in [0, 0.05) is 6.04 Å². The summed E-state index contributed by atoms with van der Waals surface area (Å²) in [4.78, 5) is 0. The Morgan fingerprint density at radius 2 is 1.71 bits per heavy atom. The van der Waals surface area contributed by atoms with Crippen LogP contribution in [0, 0.1) is 11.8 Å². The van der Waals surface area contributed by atoms with Crippen LogP contribution in [0.3, 0.4) is 0 Å². The number of ether oxygens (including phenoxy) is 1. The maximum atomic E-state index is 6.51. The van der Waals surface area contributed by atoms with Crippen molar-refractivity contribution in [3.8, 4) is 5.75 Å². The maximum absolute atomic E-state index is 6.51. The first-order chi connectivity index (χ1) is 10.3. The van der Waals surface area contributed by atoms with Gasteiger partial charge in [-0.25, -0.2) is 0 Å². The second-order valence-electron chi connectivity index (χ2n) is 6.98. The molecule has 2 saturated carbocycles. The number of rotatable bonds is 6. The maximum Gasteiger partial charge on any atom is 0.119 e. The van der Waals surface area contributed by atoms with Crippen molar-refractivity contribution in [2.75, 3.05) is 0 Å². The molecule has 116 valence electrons. The minimum atomic E-state index is 0.197. The molecule has 0 aromatic heterocycles. The van der Waals surface area contributed by atoms with E-state index >= 15 is 0 Å². The molecule has 0 bridgehead atoms. The van der Waals surface area contributed by atoms with Crippen LogP contribution in [0.15, 0.2) is 24.3 Å². The predicted molar refractivity (Wildman–Crippen MR) is 87.4 cm³/mol. The second-order valence-corrected chi connectivity index (χ2v) is 6.98. The molecular formula is C19H29NO. The monoisotopic (exact) mass is 287 g/mol. The number of hydrogen-bond donors (Lipinski definition) is 1. The van der Waals surface area contributed by atoms with E-state index in [1.807, 2.05) is 0 Å². The molecule has 0 radical (unpaired) electrons. The molecule has 2 aliphatic carbocycles. The van der Waals surface area contributed by atoms with Gasteiger partial charge in [-0.1, -0.05) is 44.7 Å². The zero-order valence-electron chi connectivity index (χ0n) is 13.3. The molecule has 2 heteroatoms. The molecule has 1 unspecified atom stereocenters. The highest BCUT2D eigenvalue weighted by Gasteiger charge is 2.26. The zero-order chi connectivity index (χ0) is 14.7. The fourth-order valence-corrected chi connectivity index (χ4v) is 3.66. The van der Waals surface area contributed by atoms with Crippen molar-refractivity contribution >= 4 is 0 Å². The van der Waals surface area contributed by atoms with Crippen LogP contribution in [0.2, 0.25) is 0 Å². The molecule has 1 aromatic rings. The van der Waals surface area contributed by atoms with E-state index in [0.717, 1.165) is 11.7 Å². The lowest BCUT2D eigenvalue weighted by atomic mass is 9.76. The van der Waals surface area contributed by atoms with E-state index in [2.05, 4.69) is 31.2 Å². The average molecular weight is 287 g/mol. The van der Waals surface area contributed by atoms with Crippen molar-refractivity contribution in [1.82, 2.24) is 0 Å². The molecule has 2 N–H and O–H groups in total. The lowest BCUT2D eigenvalue weighted by Gasteiger charge is -2.32. The zero-order valence-corrected chi connectivity index (χ0v) is 13.3. The minimum Gasteiger partial charge on any atom is -0.490 e. The molecule has 0 heterocycles. The van der Waals surface area contributed by atoms with Crippen LogP contribution in [0.4, 0.5) is 0 Å². The van der Waals surface area contributed by atoms with Crippen molar-refractivity contribution in [3.05, 3.63) is 29.8 Å². The SMILES string of the molecule is CCCC1CCC(C(N)c2ccc(OC3CC3)cc2)CC1. The van der Waals surface area contributed by atoms with Crippen LogP contribution in [0.1, 0.15) is 69.9 Å². The lowest BCUT2D eigenvalue weighted by Crippen LogP contribution is -2.26. The predicted octanol–water partition coefficient (Wildman–Crippen LogP) is 4.83. The van der Waals surface area contributed by atoms with E-state index in [1.165, 1.54) is 56.9 Å². The lowest BCUT2D eigenvalue weighted by molar-refractivity contribution is 0.234. The van der Waals surface area contributed by atoms with Crippen LogP contribution >= 0.6 is 0 Å². The molecule has 2 aliphatic rings. The van der Waals surface area contributed by atoms with Gasteiger partial charge >= 0.3 is 0 Å². The van der Waals surface area contributed by atoms with Crippen LogP contribution in [-0.2, 0) is 0 Å². The Kier molecular flexibility index (Phi) is 4.84. The van der Waals surface area contributed by atoms with Crippen molar-refractivity contribution in [2.24, 2.45) is 17.6 Å². The Hall–Kier alpha value is -1.02. The van der Waals surface area contributed by atoms with E-state index < -0.39 is 0 Å².